The number of amides is 1. The van der Waals surface area contributed by atoms with Gasteiger partial charge in [0.15, 0.2) is 0 Å². The SMILES string of the molecule is CC(=O)N(C)[C@H]1C[C@H]2CC[C@@H](C1)N2C(C)(C)C. The van der Waals surface area contributed by atoms with E-state index in [2.05, 4.69) is 25.7 Å². The molecule has 0 aliphatic carbocycles. The molecule has 1 amide bonds. The molecule has 2 aliphatic rings. The van der Waals surface area contributed by atoms with Crippen molar-refractivity contribution in [3.63, 3.8) is 0 Å². The van der Waals surface area contributed by atoms with E-state index in [0.29, 0.717) is 18.1 Å². The zero-order valence-corrected chi connectivity index (χ0v) is 11.9. The van der Waals surface area contributed by atoms with Gasteiger partial charge in [0.2, 0.25) is 5.91 Å². The van der Waals surface area contributed by atoms with E-state index in [0.717, 1.165) is 12.8 Å². The highest BCUT2D eigenvalue weighted by atomic mass is 16.2. The number of carbonyl (C=O) groups excluding carboxylic acids is 1. The lowest BCUT2D eigenvalue weighted by molar-refractivity contribution is -0.131. The molecule has 2 aliphatic heterocycles. The van der Waals surface area contributed by atoms with Crippen molar-refractivity contribution in [2.45, 2.75) is 77.0 Å². The van der Waals surface area contributed by atoms with E-state index >= 15 is 0 Å². The van der Waals surface area contributed by atoms with E-state index in [4.69, 9.17) is 0 Å². The van der Waals surface area contributed by atoms with Crippen molar-refractivity contribution in [2.24, 2.45) is 0 Å². The lowest BCUT2D eigenvalue weighted by atomic mass is 9.91. The first-order chi connectivity index (χ1) is 7.80. The monoisotopic (exact) mass is 238 g/mol. The summed E-state index contributed by atoms with van der Waals surface area (Å²) >= 11 is 0. The van der Waals surface area contributed by atoms with Crippen LogP contribution in [-0.2, 0) is 4.79 Å². The third-order valence-corrected chi connectivity index (χ3v) is 4.53. The summed E-state index contributed by atoms with van der Waals surface area (Å²) in [5.41, 5.74) is 0.269. The Hall–Kier alpha value is -0.570. The summed E-state index contributed by atoms with van der Waals surface area (Å²) < 4.78 is 0. The molecule has 0 radical (unpaired) electrons. The molecule has 2 fully saturated rings. The van der Waals surface area contributed by atoms with Gasteiger partial charge in [0.05, 0.1) is 0 Å². The Balaban J connectivity index is 2.09. The molecule has 0 aromatic rings. The maximum Gasteiger partial charge on any atom is 0.219 e. The minimum atomic E-state index is 0.207. The standard InChI is InChI=1S/C14H26N2O/c1-10(17)15(5)13-8-11-6-7-12(9-13)16(11)14(2,3)4/h11-13H,6-9H2,1-5H3/t11-,12+,13+. The van der Waals surface area contributed by atoms with Crippen LogP contribution in [0.4, 0.5) is 0 Å². The highest BCUT2D eigenvalue weighted by Crippen LogP contribution is 2.41. The van der Waals surface area contributed by atoms with Crippen LogP contribution >= 0.6 is 0 Å². The molecule has 2 rings (SSSR count). The average Bonchev–Trinajstić information content (AvgIpc) is 2.49. The molecule has 2 saturated heterocycles. The maximum absolute atomic E-state index is 11.5. The number of hydrogen-bond acceptors (Lipinski definition) is 2. The molecule has 3 atom stereocenters. The molecule has 3 heteroatoms. The Labute approximate surface area is 105 Å². The summed E-state index contributed by atoms with van der Waals surface area (Å²) in [4.78, 5) is 16.1. The van der Waals surface area contributed by atoms with E-state index in [1.807, 2.05) is 11.9 Å². The Kier molecular flexibility index (Phi) is 3.23. The van der Waals surface area contributed by atoms with Gasteiger partial charge in [-0.3, -0.25) is 9.69 Å². The molecule has 17 heavy (non-hydrogen) atoms. The summed E-state index contributed by atoms with van der Waals surface area (Å²) in [6.07, 6.45) is 4.93. The van der Waals surface area contributed by atoms with E-state index in [1.165, 1.54) is 12.8 Å². The van der Waals surface area contributed by atoms with E-state index in [1.54, 1.807) is 6.92 Å². The second-order valence-corrected chi connectivity index (χ2v) is 6.72. The Morgan fingerprint density at radius 3 is 2.00 bits per heavy atom. The van der Waals surface area contributed by atoms with Crippen molar-refractivity contribution in [3.05, 3.63) is 0 Å². The molecule has 3 nitrogen and oxygen atoms in total. The zero-order valence-electron chi connectivity index (χ0n) is 11.9. The van der Waals surface area contributed by atoms with Gasteiger partial charge in [-0.25, -0.2) is 0 Å². The minimum absolute atomic E-state index is 0.207. The van der Waals surface area contributed by atoms with Crippen LogP contribution in [0.2, 0.25) is 0 Å². The van der Waals surface area contributed by atoms with E-state index in [9.17, 15) is 4.79 Å². The van der Waals surface area contributed by atoms with Crippen LogP contribution in [0.25, 0.3) is 0 Å². The predicted octanol–water partition coefficient (Wildman–Crippen LogP) is 2.26. The predicted molar refractivity (Wildman–Crippen MR) is 69.9 cm³/mol. The van der Waals surface area contributed by atoms with Crippen molar-refractivity contribution in [1.29, 1.82) is 0 Å². The second kappa shape index (κ2) is 4.27. The maximum atomic E-state index is 11.5. The molecule has 0 aromatic carbocycles. The van der Waals surface area contributed by atoms with Crippen LogP contribution in [0.3, 0.4) is 0 Å². The lowest BCUT2D eigenvalue weighted by Gasteiger charge is -2.48. The fraction of sp³-hybridized carbons (Fsp3) is 0.929. The van der Waals surface area contributed by atoms with Crippen molar-refractivity contribution >= 4 is 5.91 Å². The summed E-state index contributed by atoms with van der Waals surface area (Å²) in [5.74, 6) is 0.207. The summed E-state index contributed by atoms with van der Waals surface area (Å²) in [6, 6.07) is 1.82. The van der Waals surface area contributed by atoms with Crippen LogP contribution in [-0.4, -0.2) is 46.4 Å². The van der Waals surface area contributed by atoms with Crippen LogP contribution in [0.15, 0.2) is 0 Å². The number of carbonyl (C=O) groups is 1. The minimum Gasteiger partial charge on any atom is -0.343 e. The number of piperidine rings is 1. The highest BCUT2D eigenvalue weighted by Gasteiger charge is 2.46. The van der Waals surface area contributed by atoms with Gasteiger partial charge in [-0.05, 0) is 46.5 Å². The second-order valence-electron chi connectivity index (χ2n) is 6.72. The molecule has 0 N–H and O–H groups in total. The van der Waals surface area contributed by atoms with E-state index in [-0.39, 0.29) is 11.4 Å². The van der Waals surface area contributed by atoms with E-state index < -0.39 is 0 Å². The number of hydrogen-bond donors (Lipinski definition) is 0. The third kappa shape index (κ3) is 2.35. The van der Waals surface area contributed by atoms with Crippen LogP contribution in [0.5, 0.6) is 0 Å². The van der Waals surface area contributed by atoms with Crippen LogP contribution < -0.4 is 0 Å². The zero-order chi connectivity index (χ0) is 12.8. The number of nitrogens with zero attached hydrogens (tertiary/aromatic N) is 2. The molecule has 2 heterocycles. The first-order valence-electron chi connectivity index (χ1n) is 6.82. The van der Waals surface area contributed by atoms with Crippen molar-refractivity contribution in [2.75, 3.05) is 7.05 Å². The quantitative estimate of drug-likeness (QED) is 0.699. The molecule has 0 unspecified atom stereocenters. The van der Waals surface area contributed by atoms with Crippen LogP contribution in [0, 0.1) is 0 Å². The molecule has 0 saturated carbocycles. The lowest BCUT2D eigenvalue weighted by Crippen LogP contribution is -2.56. The fourth-order valence-corrected chi connectivity index (χ4v) is 3.82. The Morgan fingerprint density at radius 1 is 1.18 bits per heavy atom. The average molecular weight is 238 g/mol. The molecular weight excluding hydrogens is 212 g/mol. The summed E-state index contributed by atoms with van der Waals surface area (Å²) in [7, 11) is 1.96. The summed E-state index contributed by atoms with van der Waals surface area (Å²) in [5, 5.41) is 0. The normalized spacial score (nSPS) is 33.8. The van der Waals surface area contributed by atoms with Crippen molar-refractivity contribution in [1.82, 2.24) is 9.80 Å². The van der Waals surface area contributed by atoms with Gasteiger partial charge in [-0.2, -0.15) is 0 Å². The first kappa shape index (κ1) is 12.9. The van der Waals surface area contributed by atoms with Crippen LogP contribution in [0.1, 0.15) is 53.4 Å². The van der Waals surface area contributed by atoms with Gasteiger partial charge in [-0.15, -0.1) is 0 Å². The topological polar surface area (TPSA) is 23.6 Å². The summed E-state index contributed by atoms with van der Waals surface area (Å²) in [6.45, 7) is 8.62. The van der Waals surface area contributed by atoms with Gasteiger partial charge < -0.3 is 4.90 Å². The molecule has 0 aromatic heterocycles. The Morgan fingerprint density at radius 2 is 1.65 bits per heavy atom. The van der Waals surface area contributed by atoms with Crippen molar-refractivity contribution in [3.8, 4) is 0 Å². The van der Waals surface area contributed by atoms with Gasteiger partial charge in [0.1, 0.15) is 0 Å². The number of fused-ring (bicyclic) bond motifs is 2. The molecule has 0 spiro atoms. The molecule has 2 bridgehead atoms. The highest BCUT2D eigenvalue weighted by molar-refractivity contribution is 5.73. The van der Waals surface area contributed by atoms with Gasteiger partial charge >= 0.3 is 0 Å². The number of rotatable bonds is 1. The fourth-order valence-electron chi connectivity index (χ4n) is 3.82. The van der Waals surface area contributed by atoms with Crippen molar-refractivity contribution < 1.29 is 4.79 Å². The van der Waals surface area contributed by atoms with Gasteiger partial charge in [-0.1, -0.05) is 0 Å². The third-order valence-electron chi connectivity index (χ3n) is 4.53. The first-order valence-corrected chi connectivity index (χ1v) is 6.82. The smallest absolute Gasteiger partial charge is 0.219 e. The van der Waals surface area contributed by atoms with Gasteiger partial charge in [0.25, 0.3) is 0 Å². The largest absolute Gasteiger partial charge is 0.343 e. The van der Waals surface area contributed by atoms with Gasteiger partial charge in [0, 0.05) is 37.6 Å². The molecular formula is C14H26N2O. The molecule has 98 valence electrons. The Bertz CT molecular complexity index is 294.